The van der Waals surface area contributed by atoms with Crippen molar-refractivity contribution in [1.29, 1.82) is 0 Å². The highest BCUT2D eigenvalue weighted by atomic mass is 127. The Balaban J connectivity index is 0.000000463. The first-order valence-electron chi connectivity index (χ1n) is 6.58. The van der Waals surface area contributed by atoms with Crippen LogP contribution in [-0.4, -0.2) is 0 Å². The smallest absolute Gasteiger partial charge is 0.222 e. The predicted molar refractivity (Wildman–Crippen MR) is 76.7 cm³/mol. The molecule has 126 valence electrons. The van der Waals surface area contributed by atoms with Crippen LogP contribution in [0.25, 0.3) is 0 Å². The molecule has 0 saturated heterocycles. The molecule has 7 heteroatoms. The molecule has 2 aromatic rings. The quantitative estimate of drug-likeness (QED) is 0.402. The Labute approximate surface area is 157 Å². The van der Waals surface area contributed by atoms with Gasteiger partial charge in [-0.25, -0.2) is 18.6 Å². The van der Waals surface area contributed by atoms with Crippen molar-refractivity contribution in [1.82, 2.24) is 0 Å². The van der Waals surface area contributed by atoms with Gasteiger partial charge in [0.1, 0.15) is 0 Å². The van der Waals surface area contributed by atoms with E-state index in [0.717, 1.165) is 4.47 Å². The van der Waals surface area contributed by atoms with Crippen LogP contribution in [0.5, 0.6) is 0 Å². The average Bonchev–Trinajstić information content (AvgIpc) is 2.39. The first kappa shape index (κ1) is 20.8. The summed E-state index contributed by atoms with van der Waals surface area (Å²) >= 11 is 3.42. The van der Waals surface area contributed by atoms with Crippen LogP contribution in [0.15, 0.2) is 53.0 Å². The molecule has 2 rings (SSSR count). The average molecular weight is 516 g/mol. The van der Waals surface area contributed by atoms with E-state index < -0.39 is 10.2 Å². The van der Waals surface area contributed by atoms with Crippen molar-refractivity contribution in [3.8, 4) is 0 Å². The van der Waals surface area contributed by atoms with Gasteiger partial charge in [0.25, 0.3) is 0 Å². The van der Waals surface area contributed by atoms with E-state index in [0.29, 0.717) is 0 Å². The number of benzene rings is 2. The zero-order valence-electron chi connectivity index (χ0n) is 12.9. The minimum absolute atomic E-state index is 0.0544. The maximum atomic E-state index is 8.49. The zero-order chi connectivity index (χ0) is 17.7. The summed E-state index contributed by atoms with van der Waals surface area (Å²) < 4.78 is 38.1. The fraction of sp³-hybridized carbons (Fsp3) is 0.250. The van der Waals surface area contributed by atoms with Gasteiger partial charge in [-0.15, -0.1) is 10.2 Å². The van der Waals surface area contributed by atoms with Crippen molar-refractivity contribution < 1.29 is 50.1 Å². The molecule has 0 aliphatic carbocycles. The third kappa shape index (κ3) is 9.61. The molecule has 0 heterocycles. The van der Waals surface area contributed by atoms with Gasteiger partial charge >= 0.3 is 21.2 Å². The Hall–Kier alpha value is -0.220. The van der Waals surface area contributed by atoms with Crippen LogP contribution in [0.2, 0.25) is 0 Å². The molecule has 23 heavy (non-hydrogen) atoms. The van der Waals surface area contributed by atoms with Crippen molar-refractivity contribution in [3.05, 3.63) is 65.7 Å². The molecule has 0 aliphatic heterocycles. The Kier molecular flexibility index (Phi) is 7.92. The van der Waals surface area contributed by atoms with Crippen LogP contribution < -0.4 is 39.8 Å². The standard InChI is InChI=1S/C16H17BrI.ClHO4/c1-16(2,3)12-4-8-14(9-5-12)18-15-10-6-13(17)7-11-15;2-1(3,4)5/h4-11H,1-3H3;(H,2,3,4,5)/q+1;/p-1. The van der Waals surface area contributed by atoms with E-state index in [-0.39, 0.29) is 26.6 Å². The summed E-state index contributed by atoms with van der Waals surface area (Å²) in [5, 5.41) is 0. The Bertz CT molecular complexity index is 598. The second-order valence-corrected chi connectivity index (χ2v) is 10.4. The molecule has 0 atom stereocenters. The van der Waals surface area contributed by atoms with Crippen molar-refractivity contribution in [3.63, 3.8) is 0 Å². The van der Waals surface area contributed by atoms with Gasteiger partial charge in [0.05, 0.1) is 0 Å². The van der Waals surface area contributed by atoms with Gasteiger partial charge in [-0.1, -0.05) is 48.8 Å². The van der Waals surface area contributed by atoms with Crippen LogP contribution in [0.1, 0.15) is 26.3 Å². The highest BCUT2D eigenvalue weighted by molar-refractivity contribution is 9.10. The van der Waals surface area contributed by atoms with E-state index >= 15 is 0 Å². The molecule has 0 aliphatic rings. The number of hydrogen-bond acceptors (Lipinski definition) is 4. The molecular weight excluding hydrogens is 498 g/mol. The van der Waals surface area contributed by atoms with Crippen molar-refractivity contribution >= 4 is 15.9 Å². The molecule has 0 radical (unpaired) electrons. The lowest BCUT2D eigenvalue weighted by Gasteiger charge is -2.18. The van der Waals surface area contributed by atoms with Crippen LogP contribution in [0.3, 0.4) is 0 Å². The maximum Gasteiger partial charge on any atom is 0.357 e. The van der Waals surface area contributed by atoms with E-state index in [4.69, 9.17) is 18.6 Å². The van der Waals surface area contributed by atoms with E-state index in [1.807, 2.05) is 0 Å². The molecule has 0 saturated carbocycles. The Morgan fingerprint density at radius 3 is 1.48 bits per heavy atom. The van der Waals surface area contributed by atoms with Gasteiger partial charge < -0.3 is 0 Å². The lowest BCUT2D eigenvalue weighted by atomic mass is 9.87. The van der Waals surface area contributed by atoms with Gasteiger partial charge in [0.15, 0.2) is 7.14 Å². The van der Waals surface area contributed by atoms with E-state index in [1.54, 1.807) is 0 Å². The van der Waals surface area contributed by atoms with Crippen LogP contribution in [0, 0.1) is 17.4 Å². The lowest BCUT2D eigenvalue weighted by molar-refractivity contribution is -2.00. The van der Waals surface area contributed by atoms with E-state index in [1.165, 1.54) is 12.7 Å². The summed E-state index contributed by atoms with van der Waals surface area (Å²) in [5.74, 6) is 0. The van der Waals surface area contributed by atoms with E-state index in [9.17, 15) is 0 Å². The SMILES string of the molecule is CC(C)(C)c1ccc([I+]c2ccc(Br)cc2)cc1.[O-][Cl+3]([O-])([O-])[O-]. The first-order valence-corrected chi connectivity index (χ1v) is 10.8. The fourth-order valence-corrected chi connectivity index (χ4v) is 4.05. The van der Waals surface area contributed by atoms with Crippen molar-refractivity contribution in [2.75, 3.05) is 0 Å². The van der Waals surface area contributed by atoms with Gasteiger partial charge in [-0.2, -0.15) is 0 Å². The van der Waals surface area contributed by atoms with Crippen LogP contribution >= 0.6 is 15.9 Å². The minimum atomic E-state index is -4.94. The molecule has 0 fully saturated rings. The summed E-state index contributed by atoms with van der Waals surface area (Å²) in [6.07, 6.45) is 0. The summed E-state index contributed by atoms with van der Waals surface area (Å²) in [6.45, 7) is 6.77. The summed E-state index contributed by atoms with van der Waals surface area (Å²) in [4.78, 5) is 0. The fourth-order valence-electron chi connectivity index (χ4n) is 1.63. The predicted octanol–water partition coefficient (Wildman–Crippen LogP) is -2.88. The third-order valence-corrected chi connectivity index (χ3v) is 5.94. The molecule has 0 spiro atoms. The largest absolute Gasteiger partial charge is 0.357 e. The minimum Gasteiger partial charge on any atom is -0.222 e. The van der Waals surface area contributed by atoms with Gasteiger partial charge in [-0.3, -0.25) is 0 Å². The maximum absolute atomic E-state index is 8.49. The lowest BCUT2D eigenvalue weighted by Crippen LogP contribution is -3.61. The molecular formula is C16H17BrClIO4. The van der Waals surface area contributed by atoms with Gasteiger partial charge in [0.2, 0.25) is 0 Å². The number of hydrogen-bond donors (Lipinski definition) is 0. The third-order valence-electron chi connectivity index (χ3n) is 2.73. The monoisotopic (exact) mass is 514 g/mol. The van der Waals surface area contributed by atoms with Crippen molar-refractivity contribution in [2.45, 2.75) is 26.2 Å². The van der Waals surface area contributed by atoms with E-state index in [2.05, 4.69) is 85.2 Å². The molecule has 0 unspecified atom stereocenters. The summed E-state index contributed by atoms with van der Waals surface area (Å²) in [5.41, 5.74) is 1.65. The summed E-state index contributed by atoms with van der Waals surface area (Å²) in [6, 6.07) is 17.8. The second kappa shape index (κ2) is 8.75. The molecule has 0 aromatic heterocycles. The highest BCUT2D eigenvalue weighted by Crippen LogP contribution is 2.20. The number of rotatable bonds is 2. The van der Waals surface area contributed by atoms with Crippen LogP contribution in [0.4, 0.5) is 0 Å². The molecule has 0 amide bonds. The number of halogens is 3. The van der Waals surface area contributed by atoms with Gasteiger partial charge in [0, 0.05) is 4.47 Å². The van der Waals surface area contributed by atoms with Crippen molar-refractivity contribution in [2.24, 2.45) is 0 Å². The second-order valence-electron chi connectivity index (χ2n) is 5.67. The molecule has 0 N–H and O–H groups in total. The van der Waals surface area contributed by atoms with Crippen LogP contribution in [-0.2, 0) is 5.41 Å². The molecule has 2 aromatic carbocycles. The topological polar surface area (TPSA) is 92.2 Å². The molecule has 4 nitrogen and oxygen atoms in total. The highest BCUT2D eigenvalue weighted by Gasteiger charge is 2.18. The Morgan fingerprint density at radius 2 is 1.13 bits per heavy atom. The summed E-state index contributed by atoms with van der Waals surface area (Å²) in [7, 11) is -4.94. The normalized spacial score (nSPS) is 11.7. The zero-order valence-corrected chi connectivity index (χ0v) is 17.4. The first-order chi connectivity index (χ1) is 10.4. The molecule has 0 bridgehead atoms. The van der Waals surface area contributed by atoms with Gasteiger partial charge in [-0.05, 0) is 47.4 Å². The Morgan fingerprint density at radius 1 is 0.783 bits per heavy atom.